The van der Waals surface area contributed by atoms with Gasteiger partial charge in [0.15, 0.2) is 9.84 Å². The van der Waals surface area contributed by atoms with E-state index in [1.165, 1.54) is 55.3 Å². The second kappa shape index (κ2) is 14.0. The standard InChI is InChI=1S/C13H10BrNO4S.C6H4BrNO2.C4H8O/c14-11-6-7-13(15(16)17)10(8-11)9-20(18,19)12-4-2-1-3-5-12;7-5-1-3-6(4-2-5)8(9)10;1-2-4-5-3-1/h1-8H,9H2;1-4H;1-4H2. The SMILES string of the molecule is C1CCOC1.O=[N+]([O-])c1ccc(Br)cc1.O=[N+]([O-])c1ccc(Br)cc1CS(=O)(=O)c1ccccc1. The van der Waals surface area contributed by atoms with Crippen molar-refractivity contribution >= 4 is 53.1 Å². The van der Waals surface area contributed by atoms with Gasteiger partial charge in [0.1, 0.15) is 0 Å². The van der Waals surface area contributed by atoms with Crippen molar-refractivity contribution in [1.82, 2.24) is 0 Å². The number of rotatable bonds is 5. The van der Waals surface area contributed by atoms with E-state index in [1.807, 2.05) is 0 Å². The maximum Gasteiger partial charge on any atom is 0.273 e. The quantitative estimate of drug-likeness (QED) is 0.233. The van der Waals surface area contributed by atoms with Crippen molar-refractivity contribution in [2.24, 2.45) is 0 Å². The normalized spacial score (nSPS) is 12.5. The van der Waals surface area contributed by atoms with E-state index in [2.05, 4.69) is 31.9 Å². The van der Waals surface area contributed by atoms with Crippen LogP contribution in [0, 0.1) is 20.2 Å². The number of nitro groups is 2. The van der Waals surface area contributed by atoms with Crippen LogP contribution < -0.4 is 0 Å². The fourth-order valence-electron chi connectivity index (χ4n) is 2.84. The third kappa shape index (κ3) is 9.84. The minimum Gasteiger partial charge on any atom is -0.381 e. The smallest absolute Gasteiger partial charge is 0.273 e. The molecule has 1 fully saturated rings. The highest BCUT2D eigenvalue weighted by Crippen LogP contribution is 2.27. The summed E-state index contributed by atoms with van der Waals surface area (Å²) in [6, 6.07) is 18.3. The maximum absolute atomic E-state index is 12.2. The van der Waals surface area contributed by atoms with Crippen LogP contribution in [0.1, 0.15) is 18.4 Å². The molecule has 1 heterocycles. The van der Waals surface area contributed by atoms with Crippen LogP contribution in [0.15, 0.2) is 86.6 Å². The van der Waals surface area contributed by atoms with E-state index >= 15 is 0 Å². The minimum absolute atomic E-state index is 0.114. The van der Waals surface area contributed by atoms with Crippen molar-refractivity contribution in [3.8, 4) is 0 Å². The summed E-state index contributed by atoms with van der Waals surface area (Å²) in [4.78, 5) is 20.2. The van der Waals surface area contributed by atoms with Crippen molar-refractivity contribution in [2.45, 2.75) is 23.5 Å². The minimum atomic E-state index is -3.61. The number of nitrogens with zero attached hydrogens (tertiary/aromatic N) is 2. The van der Waals surface area contributed by atoms with Crippen LogP contribution >= 0.6 is 31.9 Å². The van der Waals surface area contributed by atoms with Crippen molar-refractivity contribution in [2.75, 3.05) is 13.2 Å². The molecule has 0 saturated carbocycles. The Hall–Kier alpha value is -2.67. The third-order valence-corrected chi connectivity index (χ3v) is 7.25. The number of non-ortho nitro benzene ring substituents is 1. The van der Waals surface area contributed by atoms with Crippen molar-refractivity contribution in [3.63, 3.8) is 0 Å². The summed E-state index contributed by atoms with van der Waals surface area (Å²) in [6.07, 6.45) is 2.56. The molecule has 0 unspecified atom stereocenters. The zero-order chi connectivity index (χ0) is 25.8. The molecular weight excluding hydrogens is 608 g/mol. The number of sulfone groups is 1. The molecule has 0 spiro atoms. The molecule has 0 radical (unpaired) electrons. The van der Waals surface area contributed by atoms with E-state index in [1.54, 1.807) is 30.3 Å². The molecular formula is C23H22Br2N2O7S. The van der Waals surface area contributed by atoms with Gasteiger partial charge in [0.05, 0.1) is 20.5 Å². The lowest BCUT2D eigenvalue weighted by Gasteiger charge is -2.06. The van der Waals surface area contributed by atoms with Gasteiger partial charge >= 0.3 is 0 Å². The van der Waals surface area contributed by atoms with Gasteiger partial charge in [0.25, 0.3) is 11.4 Å². The van der Waals surface area contributed by atoms with Crippen LogP contribution in [-0.4, -0.2) is 31.5 Å². The lowest BCUT2D eigenvalue weighted by molar-refractivity contribution is -0.385. The molecule has 0 aliphatic carbocycles. The van der Waals surface area contributed by atoms with Gasteiger partial charge in [-0.3, -0.25) is 20.2 Å². The Labute approximate surface area is 219 Å². The largest absolute Gasteiger partial charge is 0.381 e. The Morgan fingerprint density at radius 1 is 0.800 bits per heavy atom. The number of ether oxygens (including phenoxy) is 1. The summed E-state index contributed by atoms with van der Waals surface area (Å²) < 4.78 is 30.9. The molecule has 3 aromatic carbocycles. The monoisotopic (exact) mass is 628 g/mol. The molecule has 4 rings (SSSR count). The Balaban J connectivity index is 0.000000236. The van der Waals surface area contributed by atoms with Crippen molar-refractivity contribution in [1.29, 1.82) is 0 Å². The zero-order valence-electron chi connectivity index (χ0n) is 18.4. The zero-order valence-corrected chi connectivity index (χ0v) is 22.4. The van der Waals surface area contributed by atoms with E-state index < -0.39 is 25.4 Å². The third-order valence-electron chi connectivity index (χ3n) is 4.55. The highest BCUT2D eigenvalue weighted by atomic mass is 79.9. The van der Waals surface area contributed by atoms with E-state index in [0.29, 0.717) is 4.47 Å². The van der Waals surface area contributed by atoms with Crippen LogP contribution in [0.2, 0.25) is 0 Å². The molecule has 0 amide bonds. The average Bonchev–Trinajstić information content (AvgIpc) is 3.40. The van der Waals surface area contributed by atoms with Gasteiger partial charge < -0.3 is 4.74 Å². The van der Waals surface area contributed by atoms with E-state index in [4.69, 9.17) is 4.74 Å². The van der Waals surface area contributed by atoms with Crippen LogP contribution in [-0.2, 0) is 20.3 Å². The molecule has 0 aromatic heterocycles. The predicted molar refractivity (Wildman–Crippen MR) is 139 cm³/mol. The fraction of sp³-hybridized carbons (Fsp3) is 0.217. The Kier molecular flexibility index (Phi) is 11.4. The molecule has 9 nitrogen and oxygen atoms in total. The van der Waals surface area contributed by atoms with Crippen molar-refractivity contribution in [3.05, 3.63) is 108 Å². The molecule has 1 aliphatic rings. The summed E-state index contributed by atoms with van der Waals surface area (Å²) in [5.41, 5.74) is 0.0733. The molecule has 1 saturated heterocycles. The van der Waals surface area contributed by atoms with Gasteiger partial charge in [0.2, 0.25) is 0 Å². The summed E-state index contributed by atoms with van der Waals surface area (Å²) in [7, 11) is -3.61. The van der Waals surface area contributed by atoms with Gasteiger partial charge in [-0.2, -0.15) is 0 Å². The summed E-state index contributed by atoms with van der Waals surface area (Å²) in [5, 5.41) is 21.1. The maximum atomic E-state index is 12.2. The van der Waals surface area contributed by atoms with Gasteiger partial charge in [-0.25, -0.2) is 8.42 Å². The molecule has 12 heteroatoms. The number of hydrogen-bond acceptors (Lipinski definition) is 7. The van der Waals surface area contributed by atoms with Crippen LogP contribution in [0.5, 0.6) is 0 Å². The molecule has 0 bridgehead atoms. The highest BCUT2D eigenvalue weighted by Gasteiger charge is 2.22. The fourth-order valence-corrected chi connectivity index (χ4v) is 4.89. The number of nitro benzene ring substituents is 2. The Bertz CT molecular complexity index is 1230. The number of benzene rings is 3. The average molecular weight is 630 g/mol. The second-order valence-electron chi connectivity index (χ2n) is 7.16. The molecule has 186 valence electrons. The first-order chi connectivity index (χ1) is 16.6. The second-order valence-corrected chi connectivity index (χ2v) is 11.0. The first-order valence-electron chi connectivity index (χ1n) is 10.3. The first kappa shape index (κ1) is 28.6. The van der Waals surface area contributed by atoms with E-state index in [-0.39, 0.29) is 21.8 Å². The highest BCUT2D eigenvalue weighted by molar-refractivity contribution is 9.10. The summed E-state index contributed by atoms with van der Waals surface area (Å²) in [6.45, 7) is 2.00. The Morgan fingerprint density at radius 3 is 1.86 bits per heavy atom. The van der Waals surface area contributed by atoms with Crippen LogP contribution in [0.4, 0.5) is 11.4 Å². The van der Waals surface area contributed by atoms with E-state index in [0.717, 1.165) is 17.7 Å². The molecule has 0 atom stereocenters. The lowest BCUT2D eigenvalue weighted by Crippen LogP contribution is -2.07. The lowest BCUT2D eigenvalue weighted by atomic mass is 10.2. The van der Waals surface area contributed by atoms with Crippen LogP contribution in [0.3, 0.4) is 0 Å². The number of halogens is 2. The van der Waals surface area contributed by atoms with Crippen LogP contribution in [0.25, 0.3) is 0 Å². The summed E-state index contributed by atoms with van der Waals surface area (Å²) in [5.74, 6) is -0.410. The molecule has 1 aliphatic heterocycles. The summed E-state index contributed by atoms with van der Waals surface area (Å²) >= 11 is 6.36. The Morgan fingerprint density at radius 2 is 1.37 bits per heavy atom. The van der Waals surface area contributed by atoms with Crippen molar-refractivity contribution < 1.29 is 23.0 Å². The molecule has 0 N–H and O–H groups in total. The topological polar surface area (TPSA) is 130 Å². The molecule has 35 heavy (non-hydrogen) atoms. The molecule has 3 aromatic rings. The first-order valence-corrected chi connectivity index (χ1v) is 13.5. The van der Waals surface area contributed by atoms with Gasteiger partial charge in [-0.05, 0) is 49.2 Å². The van der Waals surface area contributed by atoms with E-state index in [9.17, 15) is 28.6 Å². The van der Waals surface area contributed by atoms with Gasteiger partial charge in [-0.15, -0.1) is 0 Å². The van der Waals surface area contributed by atoms with Gasteiger partial charge in [-0.1, -0.05) is 50.1 Å². The predicted octanol–water partition coefficient (Wildman–Crippen LogP) is 6.49. The van der Waals surface area contributed by atoms with Gasteiger partial charge in [0, 0.05) is 45.9 Å². The number of hydrogen-bond donors (Lipinski definition) is 0.